The second kappa shape index (κ2) is 8.49. The number of alkyl halides is 3. The summed E-state index contributed by atoms with van der Waals surface area (Å²) in [6.07, 6.45) is -2.17. The Hall–Kier alpha value is -1.79. The van der Waals surface area contributed by atoms with Gasteiger partial charge in [0.15, 0.2) is 0 Å². The van der Waals surface area contributed by atoms with Gasteiger partial charge in [0.25, 0.3) is 5.91 Å². The molecule has 0 aliphatic heterocycles. The number of hydrogen-bond acceptors (Lipinski definition) is 3. The molecule has 0 unspecified atom stereocenters. The SMILES string of the molecule is CCCNc1ncccc1C(=O)NCCCCC(F)(F)F. The predicted octanol–water partition coefficient (Wildman–Crippen LogP) is 3.37. The molecule has 21 heavy (non-hydrogen) atoms. The number of carbonyl (C=O) groups excluding carboxylic acids is 1. The number of rotatable bonds is 8. The molecule has 2 N–H and O–H groups in total. The van der Waals surface area contributed by atoms with Crippen molar-refractivity contribution in [3.05, 3.63) is 23.9 Å². The molecule has 118 valence electrons. The highest BCUT2D eigenvalue weighted by atomic mass is 19.4. The van der Waals surface area contributed by atoms with Crippen LogP contribution in [0, 0.1) is 0 Å². The lowest BCUT2D eigenvalue weighted by molar-refractivity contribution is -0.135. The van der Waals surface area contributed by atoms with E-state index >= 15 is 0 Å². The quantitative estimate of drug-likeness (QED) is 0.724. The number of anilines is 1. The second-order valence-corrected chi connectivity index (χ2v) is 4.65. The summed E-state index contributed by atoms with van der Waals surface area (Å²) in [6.45, 7) is 2.91. The van der Waals surface area contributed by atoms with Gasteiger partial charge in [0.2, 0.25) is 0 Å². The lowest BCUT2D eigenvalue weighted by Gasteiger charge is -2.11. The van der Waals surface area contributed by atoms with Gasteiger partial charge in [-0.3, -0.25) is 4.79 Å². The van der Waals surface area contributed by atoms with Crippen LogP contribution in [-0.2, 0) is 0 Å². The zero-order valence-electron chi connectivity index (χ0n) is 12.0. The zero-order chi connectivity index (χ0) is 15.7. The first-order valence-corrected chi connectivity index (χ1v) is 6.98. The van der Waals surface area contributed by atoms with Gasteiger partial charge in [0.05, 0.1) is 5.56 Å². The predicted molar refractivity (Wildman–Crippen MR) is 75.3 cm³/mol. The number of halogens is 3. The summed E-state index contributed by atoms with van der Waals surface area (Å²) in [7, 11) is 0. The van der Waals surface area contributed by atoms with Crippen LogP contribution in [0.3, 0.4) is 0 Å². The molecule has 4 nitrogen and oxygen atoms in total. The molecule has 1 aromatic rings. The third-order valence-electron chi connectivity index (χ3n) is 2.77. The van der Waals surface area contributed by atoms with Crippen molar-refractivity contribution in [3.8, 4) is 0 Å². The van der Waals surface area contributed by atoms with E-state index in [0.717, 1.165) is 6.42 Å². The molecule has 1 aromatic heterocycles. The van der Waals surface area contributed by atoms with Crippen LogP contribution in [0.1, 0.15) is 43.0 Å². The smallest absolute Gasteiger partial charge is 0.369 e. The van der Waals surface area contributed by atoms with Crippen molar-refractivity contribution in [3.63, 3.8) is 0 Å². The molecule has 0 radical (unpaired) electrons. The summed E-state index contributed by atoms with van der Waals surface area (Å²) in [5.74, 6) is 0.167. The van der Waals surface area contributed by atoms with Crippen LogP contribution in [0.25, 0.3) is 0 Å². The molecular weight excluding hydrogens is 283 g/mol. The standard InChI is InChI=1S/C14H20F3N3O/c1-2-8-18-12-11(6-5-10-19-12)13(21)20-9-4-3-7-14(15,16)17/h5-6,10H,2-4,7-9H2,1H3,(H,18,19)(H,20,21). The summed E-state index contributed by atoms with van der Waals surface area (Å²) < 4.78 is 35.9. The van der Waals surface area contributed by atoms with E-state index in [0.29, 0.717) is 24.3 Å². The maximum atomic E-state index is 12.0. The van der Waals surface area contributed by atoms with E-state index in [4.69, 9.17) is 0 Å². The van der Waals surface area contributed by atoms with Crippen molar-refractivity contribution in [2.24, 2.45) is 0 Å². The minimum atomic E-state index is -4.13. The first-order chi connectivity index (χ1) is 9.94. The second-order valence-electron chi connectivity index (χ2n) is 4.65. The largest absolute Gasteiger partial charge is 0.389 e. The van der Waals surface area contributed by atoms with Gasteiger partial charge in [-0.1, -0.05) is 6.92 Å². The molecule has 0 atom stereocenters. The number of carbonyl (C=O) groups is 1. The van der Waals surface area contributed by atoms with Crippen molar-refractivity contribution < 1.29 is 18.0 Å². The Morgan fingerprint density at radius 1 is 1.29 bits per heavy atom. The average molecular weight is 303 g/mol. The van der Waals surface area contributed by atoms with Crippen LogP contribution in [0.15, 0.2) is 18.3 Å². The summed E-state index contributed by atoms with van der Waals surface area (Å²) in [4.78, 5) is 16.1. The van der Waals surface area contributed by atoms with Gasteiger partial charge in [-0.15, -0.1) is 0 Å². The van der Waals surface area contributed by atoms with Gasteiger partial charge in [-0.05, 0) is 31.4 Å². The molecule has 0 aromatic carbocycles. The van der Waals surface area contributed by atoms with Crippen molar-refractivity contribution in [2.75, 3.05) is 18.4 Å². The average Bonchev–Trinajstić information content (AvgIpc) is 2.43. The van der Waals surface area contributed by atoms with Crippen LogP contribution in [0.4, 0.5) is 19.0 Å². The van der Waals surface area contributed by atoms with E-state index in [-0.39, 0.29) is 18.9 Å². The number of unbranched alkanes of at least 4 members (excludes halogenated alkanes) is 1. The number of amides is 1. The number of hydrogen-bond donors (Lipinski definition) is 2. The minimum Gasteiger partial charge on any atom is -0.369 e. The van der Waals surface area contributed by atoms with Crippen LogP contribution >= 0.6 is 0 Å². The highest BCUT2D eigenvalue weighted by molar-refractivity contribution is 5.98. The van der Waals surface area contributed by atoms with Gasteiger partial charge >= 0.3 is 6.18 Å². The van der Waals surface area contributed by atoms with Crippen LogP contribution in [0.2, 0.25) is 0 Å². The van der Waals surface area contributed by atoms with E-state index in [1.807, 2.05) is 6.92 Å². The number of aromatic nitrogens is 1. The van der Waals surface area contributed by atoms with E-state index in [1.54, 1.807) is 18.3 Å². The van der Waals surface area contributed by atoms with Crippen molar-refractivity contribution in [1.82, 2.24) is 10.3 Å². The van der Waals surface area contributed by atoms with Crippen molar-refractivity contribution in [2.45, 2.75) is 38.8 Å². The molecule has 0 fully saturated rings. The zero-order valence-corrected chi connectivity index (χ0v) is 12.0. The Kier molecular flexibility index (Phi) is 6.98. The Morgan fingerprint density at radius 2 is 2.05 bits per heavy atom. The molecule has 1 heterocycles. The molecular formula is C14H20F3N3O. The molecule has 0 aliphatic carbocycles. The van der Waals surface area contributed by atoms with Crippen LogP contribution in [0.5, 0.6) is 0 Å². The molecule has 0 saturated carbocycles. The Labute approximate surface area is 122 Å². The normalized spacial score (nSPS) is 11.2. The van der Waals surface area contributed by atoms with E-state index in [9.17, 15) is 18.0 Å². The lowest BCUT2D eigenvalue weighted by Crippen LogP contribution is -2.26. The third kappa shape index (κ3) is 6.97. The fourth-order valence-electron chi connectivity index (χ4n) is 1.72. The maximum Gasteiger partial charge on any atom is 0.389 e. The summed E-state index contributed by atoms with van der Waals surface area (Å²) >= 11 is 0. The number of pyridine rings is 1. The Morgan fingerprint density at radius 3 is 2.71 bits per heavy atom. The molecule has 7 heteroatoms. The number of nitrogens with one attached hydrogen (secondary N) is 2. The third-order valence-corrected chi connectivity index (χ3v) is 2.77. The van der Waals surface area contributed by atoms with Crippen molar-refractivity contribution in [1.29, 1.82) is 0 Å². The monoisotopic (exact) mass is 303 g/mol. The fraction of sp³-hybridized carbons (Fsp3) is 0.571. The first-order valence-electron chi connectivity index (χ1n) is 6.98. The van der Waals surface area contributed by atoms with Gasteiger partial charge in [0.1, 0.15) is 5.82 Å². The highest BCUT2D eigenvalue weighted by Crippen LogP contribution is 2.21. The van der Waals surface area contributed by atoms with Gasteiger partial charge in [-0.25, -0.2) is 4.98 Å². The van der Waals surface area contributed by atoms with E-state index in [1.165, 1.54) is 0 Å². The summed E-state index contributed by atoms with van der Waals surface area (Å²) in [5.41, 5.74) is 0.404. The summed E-state index contributed by atoms with van der Waals surface area (Å²) in [5, 5.41) is 5.66. The lowest BCUT2D eigenvalue weighted by atomic mass is 10.2. The summed E-state index contributed by atoms with van der Waals surface area (Å²) in [6, 6.07) is 3.28. The highest BCUT2D eigenvalue weighted by Gasteiger charge is 2.25. The van der Waals surface area contributed by atoms with E-state index in [2.05, 4.69) is 15.6 Å². The molecule has 0 saturated heterocycles. The van der Waals surface area contributed by atoms with Crippen LogP contribution < -0.4 is 10.6 Å². The first kappa shape index (κ1) is 17.3. The molecule has 0 aliphatic rings. The van der Waals surface area contributed by atoms with Crippen molar-refractivity contribution >= 4 is 11.7 Å². The van der Waals surface area contributed by atoms with E-state index < -0.39 is 12.6 Å². The van der Waals surface area contributed by atoms with Gasteiger partial charge < -0.3 is 10.6 Å². The van der Waals surface area contributed by atoms with Gasteiger partial charge in [-0.2, -0.15) is 13.2 Å². The molecule has 0 bridgehead atoms. The number of nitrogens with zero attached hydrogens (tertiary/aromatic N) is 1. The topological polar surface area (TPSA) is 54.0 Å². The Bertz CT molecular complexity index is 449. The van der Waals surface area contributed by atoms with Gasteiger partial charge in [0, 0.05) is 25.7 Å². The minimum absolute atomic E-state index is 0.0117. The Balaban J connectivity index is 2.41. The fourth-order valence-corrected chi connectivity index (χ4v) is 1.72. The molecule has 1 rings (SSSR count). The van der Waals surface area contributed by atoms with Crippen LogP contribution in [-0.4, -0.2) is 30.2 Å². The molecule has 0 spiro atoms. The maximum absolute atomic E-state index is 12.0. The molecule has 1 amide bonds.